The molecule has 1 amide bonds. The second-order valence-electron chi connectivity index (χ2n) is 3.51. The molecule has 16 heavy (non-hydrogen) atoms. The van der Waals surface area contributed by atoms with E-state index in [0.29, 0.717) is 6.54 Å². The van der Waals surface area contributed by atoms with Crippen molar-refractivity contribution in [2.24, 2.45) is 0 Å². The summed E-state index contributed by atoms with van der Waals surface area (Å²) in [6.45, 7) is 0.580. The van der Waals surface area contributed by atoms with Crippen molar-refractivity contribution in [3.63, 3.8) is 0 Å². The van der Waals surface area contributed by atoms with E-state index in [1.807, 2.05) is 18.3 Å². The van der Waals surface area contributed by atoms with Crippen molar-refractivity contribution < 1.29 is 14.3 Å². The average Bonchev–Trinajstić information content (AvgIpc) is 2.78. The van der Waals surface area contributed by atoms with Gasteiger partial charge in [0.05, 0.1) is 7.11 Å². The maximum absolute atomic E-state index is 11.5. The standard InChI is InChI=1S/C11H16N2O3/c1-13(10(14)8-11(15)16-2)7-5-9-4-3-6-12-9/h3-4,6,12H,5,7-8H2,1-2H3. The van der Waals surface area contributed by atoms with E-state index in [-0.39, 0.29) is 12.3 Å². The van der Waals surface area contributed by atoms with Crippen LogP contribution in [0, 0.1) is 0 Å². The number of nitrogens with zero attached hydrogens (tertiary/aromatic N) is 1. The number of aromatic amines is 1. The van der Waals surface area contributed by atoms with E-state index >= 15 is 0 Å². The van der Waals surface area contributed by atoms with Crippen LogP contribution in [0.4, 0.5) is 0 Å². The topological polar surface area (TPSA) is 62.4 Å². The molecule has 1 N–H and O–H groups in total. The molecule has 88 valence electrons. The summed E-state index contributed by atoms with van der Waals surface area (Å²) >= 11 is 0. The molecule has 0 saturated heterocycles. The van der Waals surface area contributed by atoms with Crippen LogP contribution in [-0.2, 0) is 20.7 Å². The molecule has 1 aromatic heterocycles. The first-order chi connectivity index (χ1) is 7.63. The van der Waals surface area contributed by atoms with Gasteiger partial charge in [0.15, 0.2) is 0 Å². The number of likely N-dealkylation sites (N-methyl/N-ethyl adjacent to an activating group) is 1. The van der Waals surface area contributed by atoms with Crippen molar-refractivity contribution in [2.75, 3.05) is 20.7 Å². The van der Waals surface area contributed by atoms with Crippen molar-refractivity contribution in [2.45, 2.75) is 12.8 Å². The third kappa shape index (κ3) is 3.76. The molecule has 0 aromatic carbocycles. The lowest BCUT2D eigenvalue weighted by atomic mass is 10.3. The van der Waals surface area contributed by atoms with Gasteiger partial charge in [-0.1, -0.05) is 0 Å². The second-order valence-corrected chi connectivity index (χ2v) is 3.51. The molecule has 0 bridgehead atoms. The Hall–Kier alpha value is -1.78. The number of amides is 1. The molecular formula is C11H16N2O3. The summed E-state index contributed by atoms with van der Waals surface area (Å²) in [6.07, 6.45) is 2.39. The van der Waals surface area contributed by atoms with Crippen LogP contribution in [0.5, 0.6) is 0 Å². The molecule has 5 nitrogen and oxygen atoms in total. The number of ether oxygens (including phenoxy) is 1. The molecule has 0 aliphatic heterocycles. The maximum Gasteiger partial charge on any atom is 0.315 e. The monoisotopic (exact) mass is 224 g/mol. The summed E-state index contributed by atoms with van der Waals surface area (Å²) in [6, 6.07) is 3.87. The smallest absolute Gasteiger partial charge is 0.315 e. The molecule has 1 heterocycles. The minimum atomic E-state index is -0.503. The number of aromatic nitrogens is 1. The van der Waals surface area contributed by atoms with Gasteiger partial charge in [-0.2, -0.15) is 0 Å². The van der Waals surface area contributed by atoms with Gasteiger partial charge in [0.1, 0.15) is 6.42 Å². The molecule has 1 aromatic rings. The minimum Gasteiger partial charge on any atom is -0.469 e. The SMILES string of the molecule is COC(=O)CC(=O)N(C)CCc1ccc[nH]1. The summed E-state index contributed by atoms with van der Waals surface area (Å²) in [7, 11) is 2.95. The van der Waals surface area contributed by atoms with Gasteiger partial charge in [-0.05, 0) is 12.1 Å². The third-order valence-electron chi connectivity index (χ3n) is 2.33. The van der Waals surface area contributed by atoms with Gasteiger partial charge in [0.2, 0.25) is 5.91 Å². The Morgan fingerprint density at radius 1 is 1.50 bits per heavy atom. The zero-order valence-electron chi connectivity index (χ0n) is 9.53. The Bertz CT molecular complexity index is 346. The lowest BCUT2D eigenvalue weighted by Gasteiger charge is -2.15. The number of hydrogen-bond acceptors (Lipinski definition) is 3. The number of esters is 1. The van der Waals surface area contributed by atoms with E-state index in [0.717, 1.165) is 12.1 Å². The van der Waals surface area contributed by atoms with Crippen LogP contribution in [0.25, 0.3) is 0 Å². The van der Waals surface area contributed by atoms with Crippen LogP contribution in [-0.4, -0.2) is 42.5 Å². The molecule has 1 rings (SSSR count). The fourth-order valence-corrected chi connectivity index (χ4v) is 1.27. The fourth-order valence-electron chi connectivity index (χ4n) is 1.27. The molecule has 0 aliphatic rings. The van der Waals surface area contributed by atoms with Crippen molar-refractivity contribution in [1.82, 2.24) is 9.88 Å². The van der Waals surface area contributed by atoms with E-state index in [4.69, 9.17) is 0 Å². The summed E-state index contributed by atoms with van der Waals surface area (Å²) in [5.41, 5.74) is 1.07. The number of H-pyrrole nitrogens is 1. The maximum atomic E-state index is 11.5. The van der Waals surface area contributed by atoms with Gasteiger partial charge in [-0.25, -0.2) is 0 Å². The Kier molecular flexibility index (Phi) is 4.57. The Morgan fingerprint density at radius 3 is 2.81 bits per heavy atom. The van der Waals surface area contributed by atoms with Gasteiger partial charge in [-0.15, -0.1) is 0 Å². The van der Waals surface area contributed by atoms with Crippen molar-refractivity contribution >= 4 is 11.9 Å². The molecule has 0 atom stereocenters. The predicted molar refractivity (Wildman–Crippen MR) is 58.8 cm³/mol. The van der Waals surface area contributed by atoms with E-state index < -0.39 is 5.97 Å². The fraction of sp³-hybridized carbons (Fsp3) is 0.455. The lowest BCUT2D eigenvalue weighted by molar-refractivity contribution is -0.146. The van der Waals surface area contributed by atoms with Crippen molar-refractivity contribution in [3.8, 4) is 0 Å². The Labute approximate surface area is 94.4 Å². The molecule has 0 radical (unpaired) electrons. The summed E-state index contributed by atoms with van der Waals surface area (Å²) in [5, 5.41) is 0. The number of carbonyl (C=O) groups excluding carboxylic acids is 2. The van der Waals surface area contributed by atoms with Crippen molar-refractivity contribution in [3.05, 3.63) is 24.0 Å². The molecule has 0 spiro atoms. The summed E-state index contributed by atoms with van der Waals surface area (Å²) in [4.78, 5) is 26.9. The molecule has 0 aliphatic carbocycles. The summed E-state index contributed by atoms with van der Waals surface area (Å²) < 4.78 is 4.43. The minimum absolute atomic E-state index is 0.197. The highest BCUT2D eigenvalue weighted by molar-refractivity contribution is 5.94. The van der Waals surface area contributed by atoms with Crippen LogP contribution in [0.15, 0.2) is 18.3 Å². The number of nitrogens with one attached hydrogen (secondary N) is 1. The van der Waals surface area contributed by atoms with Crippen LogP contribution >= 0.6 is 0 Å². The molecule has 0 unspecified atom stereocenters. The molecular weight excluding hydrogens is 208 g/mol. The number of methoxy groups -OCH3 is 1. The van der Waals surface area contributed by atoms with Gasteiger partial charge < -0.3 is 14.6 Å². The van der Waals surface area contributed by atoms with Gasteiger partial charge in [-0.3, -0.25) is 9.59 Å². The van der Waals surface area contributed by atoms with Crippen LogP contribution < -0.4 is 0 Å². The number of carbonyl (C=O) groups is 2. The normalized spacial score (nSPS) is 9.88. The number of hydrogen-bond donors (Lipinski definition) is 1. The van der Waals surface area contributed by atoms with Gasteiger partial charge >= 0.3 is 5.97 Å². The van der Waals surface area contributed by atoms with Gasteiger partial charge in [0.25, 0.3) is 0 Å². The Morgan fingerprint density at radius 2 is 2.25 bits per heavy atom. The van der Waals surface area contributed by atoms with E-state index in [1.54, 1.807) is 7.05 Å². The van der Waals surface area contributed by atoms with Crippen LogP contribution in [0.3, 0.4) is 0 Å². The van der Waals surface area contributed by atoms with E-state index in [1.165, 1.54) is 12.0 Å². The molecule has 0 fully saturated rings. The van der Waals surface area contributed by atoms with Crippen LogP contribution in [0.1, 0.15) is 12.1 Å². The average molecular weight is 224 g/mol. The van der Waals surface area contributed by atoms with Gasteiger partial charge in [0, 0.05) is 31.9 Å². The van der Waals surface area contributed by atoms with Crippen molar-refractivity contribution in [1.29, 1.82) is 0 Å². The highest BCUT2D eigenvalue weighted by Crippen LogP contribution is 1.99. The lowest BCUT2D eigenvalue weighted by Crippen LogP contribution is -2.30. The highest BCUT2D eigenvalue weighted by Gasteiger charge is 2.13. The van der Waals surface area contributed by atoms with E-state index in [9.17, 15) is 9.59 Å². The first-order valence-corrected chi connectivity index (χ1v) is 5.06. The quantitative estimate of drug-likeness (QED) is 0.587. The highest BCUT2D eigenvalue weighted by atomic mass is 16.5. The van der Waals surface area contributed by atoms with E-state index in [2.05, 4.69) is 9.72 Å². The molecule has 0 saturated carbocycles. The zero-order chi connectivity index (χ0) is 12.0. The first-order valence-electron chi connectivity index (χ1n) is 5.06. The largest absolute Gasteiger partial charge is 0.469 e. The molecule has 5 heteroatoms. The van der Waals surface area contributed by atoms with Crippen LogP contribution in [0.2, 0.25) is 0 Å². The predicted octanol–water partition coefficient (Wildman–Crippen LogP) is 0.579. The third-order valence-corrected chi connectivity index (χ3v) is 2.33. The Balaban J connectivity index is 2.31. The summed E-state index contributed by atoms with van der Waals surface area (Å²) in [5.74, 6) is -0.727. The zero-order valence-corrected chi connectivity index (χ0v) is 9.53. The first kappa shape index (κ1) is 12.3. The number of rotatable bonds is 5. The second kappa shape index (κ2) is 5.95.